The summed E-state index contributed by atoms with van der Waals surface area (Å²) in [4.78, 5) is 17.5. The van der Waals surface area contributed by atoms with Gasteiger partial charge in [0.2, 0.25) is 5.60 Å². The molecule has 0 fully saturated rings. The van der Waals surface area contributed by atoms with Crippen LogP contribution in [0.15, 0.2) is 47.6 Å². The van der Waals surface area contributed by atoms with Crippen LogP contribution in [-0.2, 0) is 9.63 Å². The number of hydrogen-bond donors (Lipinski definition) is 1. The number of anilines is 1. The van der Waals surface area contributed by atoms with Gasteiger partial charge in [-0.05, 0) is 31.6 Å². The molecule has 1 N–H and O–H groups in total. The molecule has 2 rings (SSSR count). The Labute approximate surface area is 131 Å². The first kappa shape index (κ1) is 16.5. The Morgan fingerprint density at radius 2 is 2.18 bits per heavy atom. The SMILES string of the molecule is CC1(C(=O)Nc2ccccc2)CC(SCCC=C(F)F)=NO1. The zero-order valence-corrected chi connectivity index (χ0v) is 12.8. The van der Waals surface area contributed by atoms with E-state index in [9.17, 15) is 13.6 Å². The summed E-state index contributed by atoms with van der Waals surface area (Å²) in [6.45, 7) is 1.66. The number of carbonyl (C=O) groups excluding carboxylic acids is 1. The first-order valence-corrected chi connectivity index (χ1v) is 7.74. The third-order valence-electron chi connectivity index (χ3n) is 3.03. The van der Waals surface area contributed by atoms with Crippen LogP contribution in [0.2, 0.25) is 0 Å². The maximum atomic E-state index is 12.3. The van der Waals surface area contributed by atoms with Crippen LogP contribution in [0.3, 0.4) is 0 Å². The van der Waals surface area contributed by atoms with Crippen LogP contribution in [0, 0.1) is 0 Å². The van der Waals surface area contributed by atoms with E-state index in [4.69, 9.17) is 4.84 Å². The highest BCUT2D eigenvalue weighted by Gasteiger charge is 2.42. The second kappa shape index (κ2) is 7.40. The van der Waals surface area contributed by atoms with Crippen molar-refractivity contribution in [2.45, 2.75) is 25.4 Å². The molecule has 1 atom stereocenters. The Bertz CT molecular complexity index is 588. The normalized spacial score (nSPS) is 20.0. The Hall–Kier alpha value is -1.89. The number of amides is 1. The molecule has 1 aliphatic rings. The quantitative estimate of drug-likeness (QED) is 0.832. The summed E-state index contributed by atoms with van der Waals surface area (Å²) in [5.41, 5.74) is -0.388. The maximum Gasteiger partial charge on any atom is 0.271 e. The Morgan fingerprint density at radius 3 is 2.86 bits per heavy atom. The number of thioether (sulfide) groups is 1. The molecule has 22 heavy (non-hydrogen) atoms. The summed E-state index contributed by atoms with van der Waals surface area (Å²) in [6, 6.07) is 9.07. The van der Waals surface area contributed by atoms with Crippen LogP contribution in [0.25, 0.3) is 0 Å². The van der Waals surface area contributed by atoms with Crippen molar-refractivity contribution in [1.29, 1.82) is 0 Å². The zero-order valence-electron chi connectivity index (χ0n) is 12.0. The lowest BCUT2D eigenvalue weighted by Crippen LogP contribution is -2.40. The molecule has 1 unspecified atom stereocenters. The van der Waals surface area contributed by atoms with Crippen molar-refractivity contribution in [2.75, 3.05) is 11.1 Å². The summed E-state index contributed by atoms with van der Waals surface area (Å²) in [7, 11) is 0. The number of halogens is 2. The number of oxime groups is 1. The van der Waals surface area contributed by atoms with Gasteiger partial charge in [-0.3, -0.25) is 4.79 Å². The second-order valence-electron chi connectivity index (χ2n) is 4.94. The number of allylic oxidation sites excluding steroid dienone is 1. The molecule has 0 radical (unpaired) electrons. The summed E-state index contributed by atoms with van der Waals surface area (Å²) in [5, 5.41) is 7.29. The van der Waals surface area contributed by atoms with E-state index in [0.29, 0.717) is 22.9 Å². The van der Waals surface area contributed by atoms with Gasteiger partial charge in [-0.25, -0.2) is 0 Å². The third kappa shape index (κ3) is 4.56. The number of nitrogens with zero attached hydrogens (tertiary/aromatic N) is 1. The Kier molecular flexibility index (Phi) is 5.54. The van der Waals surface area contributed by atoms with Gasteiger partial charge in [-0.15, -0.1) is 11.8 Å². The van der Waals surface area contributed by atoms with E-state index in [1.807, 2.05) is 18.2 Å². The molecule has 1 aromatic carbocycles. The number of hydrogen-bond acceptors (Lipinski definition) is 4. The van der Waals surface area contributed by atoms with Crippen molar-refractivity contribution in [1.82, 2.24) is 0 Å². The van der Waals surface area contributed by atoms with E-state index in [0.717, 1.165) is 6.08 Å². The van der Waals surface area contributed by atoms with Crippen molar-refractivity contribution in [3.05, 3.63) is 42.5 Å². The van der Waals surface area contributed by atoms with E-state index < -0.39 is 11.7 Å². The van der Waals surface area contributed by atoms with Gasteiger partial charge in [0.1, 0.15) is 5.04 Å². The van der Waals surface area contributed by atoms with E-state index in [1.54, 1.807) is 19.1 Å². The Balaban J connectivity index is 1.83. The number of nitrogens with one attached hydrogen (secondary N) is 1. The second-order valence-corrected chi connectivity index (χ2v) is 6.10. The monoisotopic (exact) mass is 326 g/mol. The number of rotatable bonds is 5. The third-order valence-corrected chi connectivity index (χ3v) is 4.03. The molecular formula is C15H16F2N2O2S. The van der Waals surface area contributed by atoms with Gasteiger partial charge in [0.05, 0.1) is 6.42 Å². The van der Waals surface area contributed by atoms with Gasteiger partial charge < -0.3 is 10.2 Å². The van der Waals surface area contributed by atoms with Gasteiger partial charge in [0.15, 0.2) is 0 Å². The average Bonchev–Trinajstić information content (AvgIpc) is 2.88. The van der Waals surface area contributed by atoms with Crippen molar-refractivity contribution < 1.29 is 18.4 Å². The predicted molar refractivity (Wildman–Crippen MR) is 84.0 cm³/mol. The first-order valence-electron chi connectivity index (χ1n) is 6.75. The van der Waals surface area contributed by atoms with Crippen molar-refractivity contribution in [2.24, 2.45) is 5.16 Å². The summed E-state index contributed by atoms with van der Waals surface area (Å²) < 4.78 is 23.8. The largest absolute Gasteiger partial charge is 0.378 e. The van der Waals surface area contributed by atoms with Crippen molar-refractivity contribution in [3.63, 3.8) is 0 Å². The fraction of sp³-hybridized carbons (Fsp3) is 0.333. The van der Waals surface area contributed by atoms with Gasteiger partial charge in [-0.1, -0.05) is 23.4 Å². The fourth-order valence-electron chi connectivity index (χ4n) is 1.83. The van der Waals surface area contributed by atoms with Crippen LogP contribution in [0.1, 0.15) is 19.8 Å². The number of para-hydroxylation sites is 1. The molecule has 4 nitrogen and oxygen atoms in total. The lowest BCUT2D eigenvalue weighted by Gasteiger charge is -2.20. The Morgan fingerprint density at radius 1 is 1.45 bits per heavy atom. The van der Waals surface area contributed by atoms with Crippen LogP contribution >= 0.6 is 11.8 Å². The molecule has 0 aromatic heterocycles. The predicted octanol–water partition coefficient (Wildman–Crippen LogP) is 4.02. The molecule has 118 valence electrons. The van der Waals surface area contributed by atoms with E-state index in [-0.39, 0.29) is 12.3 Å². The highest BCUT2D eigenvalue weighted by Crippen LogP contribution is 2.30. The van der Waals surface area contributed by atoms with Crippen LogP contribution in [0.5, 0.6) is 0 Å². The standard InChI is InChI=1S/C15H16F2N2O2S/c1-15(14(20)18-11-6-3-2-4-7-11)10-13(19-21-15)22-9-5-8-12(16)17/h2-4,6-8H,5,9-10H2,1H3,(H,18,20). The molecule has 0 saturated heterocycles. The molecule has 0 bridgehead atoms. The smallest absolute Gasteiger partial charge is 0.271 e. The summed E-state index contributed by atoms with van der Waals surface area (Å²) >= 11 is 1.32. The minimum atomic E-state index is -1.68. The highest BCUT2D eigenvalue weighted by molar-refractivity contribution is 8.13. The molecule has 1 heterocycles. The summed E-state index contributed by atoms with van der Waals surface area (Å²) in [6.07, 6.45) is -0.237. The lowest BCUT2D eigenvalue weighted by molar-refractivity contribution is -0.135. The molecule has 1 aliphatic heterocycles. The number of benzene rings is 1. The van der Waals surface area contributed by atoms with Crippen molar-refractivity contribution >= 4 is 28.4 Å². The van der Waals surface area contributed by atoms with Gasteiger partial charge in [0.25, 0.3) is 12.0 Å². The minimum Gasteiger partial charge on any atom is -0.378 e. The molecule has 1 amide bonds. The zero-order chi connectivity index (χ0) is 16.0. The van der Waals surface area contributed by atoms with Crippen molar-refractivity contribution in [3.8, 4) is 0 Å². The van der Waals surface area contributed by atoms with E-state index in [2.05, 4.69) is 10.5 Å². The average molecular weight is 326 g/mol. The maximum absolute atomic E-state index is 12.3. The first-order chi connectivity index (χ1) is 10.5. The molecule has 7 heteroatoms. The van der Waals surface area contributed by atoms with E-state index in [1.165, 1.54) is 11.8 Å². The molecule has 0 spiro atoms. The van der Waals surface area contributed by atoms with Gasteiger partial charge in [0, 0.05) is 11.4 Å². The van der Waals surface area contributed by atoms with Gasteiger partial charge >= 0.3 is 0 Å². The lowest BCUT2D eigenvalue weighted by atomic mass is 10.0. The van der Waals surface area contributed by atoms with Crippen LogP contribution in [-0.4, -0.2) is 22.3 Å². The van der Waals surface area contributed by atoms with Crippen LogP contribution < -0.4 is 5.32 Å². The topological polar surface area (TPSA) is 50.7 Å². The molecular weight excluding hydrogens is 310 g/mol. The highest BCUT2D eigenvalue weighted by atomic mass is 32.2. The summed E-state index contributed by atoms with van der Waals surface area (Å²) in [5.74, 6) is 0.184. The molecule has 0 aliphatic carbocycles. The van der Waals surface area contributed by atoms with Gasteiger partial charge in [-0.2, -0.15) is 8.78 Å². The van der Waals surface area contributed by atoms with E-state index >= 15 is 0 Å². The minimum absolute atomic E-state index is 0.249. The molecule has 1 aromatic rings. The number of carbonyl (C=O) groups is 1. The van der Waals surface area contributed by atoms with Crippen LogP contribution in [0.4, 0.5) is 14.5 Å². The fourth-order valence-corrected chi connectivity index (χ4v) is 2.77. The molecule has 0 saturated carbocycles.